The molecule has 1 heterocycles. The van der Waals surface area contributed by atoms with Gasteiger partial charge in [-0.2, -0.15) is 0 Å². The van der Waals surface area contributed by atoms with Crippen molar-refractivity contribution in [3.05, 3.63) is 27.5 Å². The van der Waals surface area contributed by atoms with Crippen LogP contribution < -0.4 is 5.56 Å². The molecular formula is C11H18N2O2. The van der Waals surface area contributed by atoms with Crippen LogP contribution in [0.25, 0.3) is 0 Å². The first-order chi connectivity index (χ1) is 6.93. The van der Waals surface area contributed by atoms with Crippen LogP contribution in [0, 0.1) is 13.8 Å². The van der Waals surface area contributed by atoms with Gasteiger partial charge in [0.15, 0.2) is 5.88 Å². The fourth-order valence-corrected chi connectivity index (χ4v) is 1.37. The molecule has 0 unspecified atom stereocenters. The Morgan fingerprint density at radius 1 is 1.40 bits per heavy atom. The van der Waals surface area contributed by atoms with Crippen molar-refractivity contribution in [2.45, 2.75) is 20.4 Å². The molecule has 4 heteroatoms. The zero-order valence-corrected chi connectivity index (χ0v) is 9.74. The second-order valence-corrected chi connectivity index (χ2v) is 4.07. The molecule has 0 atom stereocenters. The molecule has 0 aliphatic carbocycles. The molecule has 1 N–H and O–H groups in total. The lowest BCUT2D eigenvalue weighted by atomic mass is 10.2. The minimum absolute atomic E-state index is 0.0850. The fraction of sp³-hybridized carbons (Fsp3) is 0.545. The quantitative estimate of drug-likeness (QED) is 0.800. The average molecular weight is 210 g/mol. The largest absolute Gasteiger partial charge is 0.494 e. The third-order valence-corrected chi connectivity index (χ3v) is 2.56. The van der Waals surface area contributed by atoms with Gasteiger partial charge in [-0.25, -0.2) is 0 Å². The Balaban J connectivity index is 3.07. The lowest BCUT2D eigenvalue weighted by Crippen LogP contribution is -2.26. The second kappa shape index (κ2) is 4.49. The highest BCUT2D eigenvalue weighted by Gasteiger charge is 2.08. The van der Waals surface area contributed by atoms with E-state index in [0.29, 0.717) is 6.54 Å². The number of pyridine rings is 1. The summed E-state index contributed by atoms with van der Waals surface area (Å²) >= 11 is 0. The summed E-state index contributed by atoms with van der Waals surface area (Å²) in [4.78, 5) is 13.6. The zero-order chi connectivity index (χ0) is 11.6. The number of hydrogen-bond donors (Lipinski definition) is 1. The van der Waals surface area contributed by atoms with Crippen molar-refractivity contribution in [1.82, 2.24) is 9.47 Å². The normalized spacial score (nSPS) is 11.0. The van der Waals surface area contributed by atoms with E-state index in [1.807, 2.05) is 32.8 Å². The summed E-state index contributed by atoms with van der Waals surface area (Å²) in [5.74, 6) is 0.0850. The smallest absolute Gasteiger partial charge is 0.253 e. The first-order valence-electron chi connectivity index (χ1n) is 4.98. The molecule has 15 heavy (non-hydrogen) atoms. The van der Waals surface area contributed by atoms with Crippen molar-refractivity contribution in [3.63, 3.8) is 0 Å². The third-order valence-electron chi connectivity index (χ3n) is 2.56. The maximum atomic E-state index is 11.6. The molecule has 0 aliphatic rings. The zero-order valence-electron chi connectivity index (χ0n) is 9.74. The van der Waals surface area contributed by atoms with Crippen LogP contribution >= 0.6 is 0 Å². The van der Waals surface area contributed by atoms with Crippen LogP contribution in [0.3, 0.4) is 0 Å². The SMILES string of the molecule is Cc1cc(=O)n(CCN(C)C)c(O)c1C. The summed E-state index contributed by atoms with van der Waals surface area (Å²) in [5, 5.41) is 9.82. The molecule has 0 saturated heterocycles. The van der Waals surface area contributed by atoms with Crippen molar-refractivity contribution >= 4 is 0 Å². The van der Waals surface area contributed by atoms with Gasteiger partial charge in [-0.15, -0.1) is 0 Å². The highest BCUT2D eigenvalue weighted by Crippen LogP contribution is 2.16. The van der Waals surface area contributed by atoms with Gasteiger partial charge in [0.25, 0.3) is 5.56 Å². The second-order valence-electron chi connectivity index (χ2n) is 4.07. The predicted molar refractivity (Wildman–Crippen MR) is 60.4 cm³/mol. The molecule has 1 rings (SSSR count). The maximum absolute atomic E-state index is 11.6. The lowest BCUT2D eigenvalue weighted by molar-refractivity contribution is 0.347. The van der Waals surface area contributed by atoms with Crippen molar-refractivity contribution in [2.24, 2.45) is 0 Å². The summed E-state index contributed by atoms with van der Waals surface area (Å²) in [6, 6.07) is 1.56. The van der Waals surface area contributed by atoms with Crippen molar-refractivity contribution < 1.29 is 5.11 Å². The van der Waals surface area contributed by atoms with Crippen LogP contribution in [-0.2, 0) is 6.54 Å². The van der Waals surface area contributed by atoms with Gasteiger partial charge >= 0.3 is 0 Å². The number of aryl methyl sites for hydroxylation is 1. The van der Waals surface area contributed by atoms with E-state index in [1.165, 1.54) is 4.57 Å². The highest BCUT2D eigenvalue weighted by molar-refractivity contribution is 5.32. The van der Waals surface area contributed by atoms with Crippen molar-refractivity contribution in [1.29, 1.82) is 0 Å². The molecule has 0 aromatic carbocycles. The Kier molecular flexibility index (Phi) is 3.52. The van der Waals surface area contributed by atoms with Crippen LogP contribution in [0.5, 0.6) is 5.88 Å². The fourth-order valence-electron chi connectivity index (χ4n) is 1.37. The lowest BCUT2D eigenvalue weighted by Gasteiger charge is -2.14. The maximum Gasteiger partial charge on any atom is 0.253 e. The first kappa shape index (κ1) is 11.8. The summed E-state index contributed by atoms with van der Waals surface area (Å²) in [5.41, 5.74) is 1.46. The Labute approximate surface area is 89.8 Å². The summed E-state index contributed by atoms with van der Waals surface area (Å²) in [6.07, 6.45) is 0. The van der Waals surface area contributed by atoms with E-state index >= 15 is 0 Å². The van der Waals surface area contributed by atoms with E-state index in [1.54, 1.807) is 6.07 Å². The van der Waals surface area contributed by atoms with E-state index in [4.69, 9.17) is 0 Å². The average Bonchev–Trinajstić information content (AvgIpc) is 2.14. The summed E-state index contributed by atoms with van der Waals surface area (Å²) in [6.45, 7) is 4.89. The van der Waals surface area contributed by atoms with Crippen LogP contribution in [-0.4, -0.2) is 35.2 Å². The summed E-state index contributed by atoms with van der Waals surface area (Å²) < 4.78 is 1.41. The standard InChI is InChI=1S/C11H18N2O2/c1-8-7-10(14)13(6-5-12(3)4)11(15)9(8)2/h7,15H,5-6H2,1-4H3. The van der Waals surface area contributed by atoms with Gasteiger partial charge < -0.3 is 10.0 Å². The molecule has 84 valence electrons. The Hall–Kier alpha value is -1.29. The Morgan fingerprint density at radius 2 is 2.00 bits per heavy atom. The van der Waals surface area contributed by atoms with E-state index in [0.717, 1.165) is 17.7 Å². The molecule has 1 aromatic rings. The number of rotatable bonds is 3. The summed E-state index contributed by atoms with van der Waals surface area (Å²) in [7, 11) is 3.87. The highest BCUT2D eigenvalue weighted by atomic mass is 16.3. The molecule has 0 bridgehead atoms. The Morgan fingerprint density at radius 3 is 2.53 bits per heavy atom. The van der Waals surface area contributed by atoms with Crippen LogP contribution in [0.2, 0.25) is 0 Å². The molecule has 0 fully saturated rings. The number of nitrogens with zero attached hydrogens (tertiary/aromatic N) is 2. The minimum Gasteiger partial charge on any atom is -0.494 e. The van der Waals surface area contributed by atoms with Gasteiger partial charge in [-0.1, -0.05) is 0 Å². The molecule has 1 aromatic heterocycles. The van der Waals surface area contributed by atoms with Gasteiger partial charge in [0.05, 0.1) is 0 Å². The molecule has 4 nitrogen and oxygen atoms in total. The molecule has 0 radical (unpaired) electrons. The third kappa shape index (κ3) is 2.59. The number of aromatic hydroxyl groups is 1. The van der Waals surface area contributed by atoms with Gasteiger partial charge in [-0.05, 0) is 33.5 Å². The van der Waals surface area contributed by atoms with Crippen molar-refractivity contribution in [3.8, 4) is 5.88 Å². The van der Waals surface area contributed by atoms with E-state index in [9.17, 15) is 9.90 Å². The monoisotopic (exact) mass is 210 g/mol. The van der Waals surface area contributed by atoms with Gasteiger partial charge in [0.2, 0.25) is 0 Å². The van der Waals surface area contributed by atoms with Gasteiger partial charge in [0, 0.05) is 24.7 Å². The van der Waals surface area contributed by atoms with Crippen LogP contribution in [0.4, 0.5) is 0 Å². The van der Waals surface area contributed by atoms with E-state index in [-0.39, 0.29) is 11.4 Å². The molecule has 0 amide bonds. The number of likely N-dealkylation sites (N-methyl/N-ethyl adjacent to an activating group) is 1. The van der Waals surface area contributed by atoms with E-state index in [2.05, 4.69) is 0 Å². The molecule has 0 aliphatic heterocycles. The predicted octanol–water partition coefficient (Wildman–Crippen LogP) is 0.732. The van der Waals surface area contributed by atoms with Crippen molar-refractivity contribution in [2.75, 3.05) is 20.6 Å². The Bertz CT molecular complexity index is 408. The minimum atomic E-state index is -0.141. The topological polar surface area (TPSA) is 45.5 Å². The van der Waals surface area contributed by atoms with Gasteiger partial charge in [-0.3, -0.25) is 9.36 Å². The number of aromatic nitrogens is 1. The molecular weight excluding hydrogens is 192 g/mol. The van der Waals surface area contributed by atoms with Gasteiger partial charge in [0.1, 0.15) is 0 Å². The van der Waals surface area contributed by atoms with Crippen LogP contribution in [0.15, 0.2) is 10.9 Å². The van der Waals surface area contributed by atoms with Crippen LogP contribution in [0.1, 0.15) is 11.1 Å². The van der Waals surface area contributed by atoms with E-state index < -0.39 is 0 Å². The number of hydrogen-bond acceptors (Lipinski definition) is 3. The first-order valence-corrected chi connectivity index (χ1v) is 4.98. The molecule has 0 spiro atoms. The molecule has 0 saturated carbocycles.